The van der Waals surface area contributed by atoms with Crippen LogP contribution in [0.5, 0.6) is 0 Å². The van der Waals surface area contributed by atoms with Crippen LogP contribution >= 0.6 is 23.2 Å². The van der Waals surface area contributed by atoms with Gasteiger partial charge >= 0.3 is 6.18 Å². The molecule has 1 heterocycles. The Kier molecular flexibility index (Phi) is 5.27. The number of alkyl halides is 3. The number of benzene rings is 1. The van der Waals surface area contributed by atoms with Gasteiger partial charge in [0.15, 0.2) is 5.82 Å². The topological polar surface area (TPSA) is 89.3 Å². The highest BCUT2D eigenvalue weighted by Gasteiger charge is 2.34. The summed E-state index contributed by atoms with van der Waals surface area (Å²) in [6.07, 6.45) is -2.39. The van der Waals surface area contributed by atoms with Crippen LogP contribution in [0.15, 0.2) is 24.4 Å². The van der Waals surface area contributed by atoms with Crippen LogP contribution < -0.4 is 3.71 Å². The minimum absolute atomic E-state index is 0.0668. The molecule has 0 amide bonds. The molecule has 7 nitrogen and oxygen atoms in total. The van der Waals surface area contributed by atoms with Crippen molar-refractivity contribution in [1.82, 2.24) is 9.78 Å². The molecule has 2 rings (SSSR count). The van der Waals surface area contributed by atoms with E-state index in [0.717, 1.165) is 16.9 Å². The lowest BCUT2D eigenvalue weighted by atomic mass is 10.2. The van der Waals surface area contributed by atoms with Gasteiger partial charge in [-0.05, 0) is 12.1 Å². The Bertz CT molecular complexity index is 1010. The summed E-state index contributed by atoms with van der Waals surface area (Å²) >= 11 is 11.7. The molecule has 2 aromatic rings. The lowest BCUT2D eigenvalue weighted by molar-refractivity contribution is -0.137. The van der Waals surface area contributed by atoms with Gasteiger partial charge in [-0.25, -0.2) is 21.5 Å². The number of hydrogen-bond donors (Lipinski definition) is 0. The van der Waals surface area contributed by atoms with Crippen molar-refractivity contribution < 1.29 is 30.0 Å². The molecule has 0 N–H and O–H groups in total. The average Bonchev–Trinajstić information content (AvgIpc) is 2.81. The maximum Gasteiger partial charge on any atom is 0.416 e. The summed E-state index contributed by atoms with van der Waals surface area (Å²) in [6, 6.07) is 2.17. The lowest BCUT2D eigenvalue weighted by Crippen LogP contribution is -2.36. The number of hydrogen-bond acceptors (Lipinski definition) is 5. The molecule has 26 heavy (non-hydrogen) atoms. The molecule has 0 aliphatic rings. The van der Waals surface area contributed by atoms with Gasteiger partial charge in [0.1, 0.15) is 5.69 Å². The predicted molar refractivity (Wildman–Crippen MR) is 90.8 cm³/mol. The maximum absolute atomic E-state index is 12.8. The molecule has 0 unspecified atom stereocenters. The summed E-state index contributed by atoms with van der Waals surface area (Å²) in [5.41, 5.74) is -1.44. The zero-order chi connectivity index (χ0) is 20.1. The SMILES string of the molecule is CS(=O)(=O)N(c1ccnn1-c1c(Cl)cc(C(F)(F)F)cc1Cl)S(C)(=O)=O. The van der Waals surface area contributed by atoms with E-state index in [-0.39, 0.29) is 9.40 Å². The van der Waals surface area contributed by atoms with Crippen LogP contribution in [0.3, 0.4) is 0 Å². The van der Waals surface area contributed by atoms with Gasteiger partial charge in [0, 0.05) is 6.07 Å². The van der Waals surface area contributed by atoms with Crippen molar-refractivity contribution in [3.8, 4) is 5.69 Å². The second kappa shape index (κ2) is 6.59. The molecule has 0 aliphatic heterocycles. The average molecular weight is 452 g/mol. The van der Waals surface area contributed by atoms with Crippen LogP contribution in [0.1, 0.15) is 5.56 Å². The quantitative estimate of drug-likeness (QED) is 0.712. The summed E-state index contributed by atoms with van der Waals surface area (Å²) in [5.74, 6) is -0.487. The standard InChI is InChI=1S/C12H10Cl2F3N3O4S2/c1-25(21,22)20(26(2,23)24)10-3-4-18-19(10)11-8(13)5-7(6-9(11)14)12(15,16)17/h3-6H,1-2H3. The van der Waals surface area contributed by atoms with Crippen molar-refractivity contribution in [3.05, 3.63) is 40.0 Å². The van der Waals surface area contributed by atoms with E-state index in [1.807, 2.05) is 0 Å². The highest BCUT2D eigenvalue weighted by Crippen LogP contribution is 2.39. The Hall–Kier alpha value is -1.50. The zero-order valence-corrected chi connectivity index (χ0v) is 16.1. The second-order valence-corrected chi connectivity index (χ2v) is 9.82. The third-order valence-corrected chi connectivity index (χ3v) is 6.75. The molecule has 0 aliphatic carbocycles. The maximum atomic E-state index is 12.8. The molecular weight excluding hydrogens is 442 g/mol. The van der Waals surface area contributed by atoms with Crippen LogP contribution in [0.25, 0.3) is 5.69 Å². The normalized spacial score (nSPS) is 13.0. The monoisotopic (exact) mass is 451 g/mol. The van der Waals surface area contributed by atoms with Gasteiger partial charge in [-0.2, -0.15) is 18.3 Å². The van der Waals surface area contributed by atoms with Gasteiger partial charge < -0.3 is 0 Å². The van der Waals surface area contributed by atoms with Gasteiger partial charge in [-0.1, -0.05) is 23.2 Å². The minimum Gasteiger partial charge on any atom is -0.212 e. The molecule has 14 heteroatoms. The van der Waals surface area contributed by atoms with Crippen LogP contribution in [-0.4, -0.2) is 39.1 Å². The lowest BCUT2D eigenvalue weighted by Gasteiger charge is -2.21. The first-order valence-corrected chi connectivity index (χ1v) is 10.9. The van der Waals surface area contributed by atoms with Gasteiger partial charge in [-0.15, -0.1) is 3.71 Å². The van der Waals surface area contributed by atoms with E-state index in [0.29, 0.717) is 24.6 Å². The Morgan fingerprint density at radius 2 is 1.50 bits per heavy atom. The van der Waals surface area contributed by atoms with E-state index in [9.17, 15) is 30.0 Å². The molecule has 0 atom stereocenters. The summed E-state index contributed by atoms with van der Waals surface area (Å²) in [6.45, 7) is 0. The molecule has 1 aromatic carbocycles. The second-order valence-electron chi connectivity index (χ2n) is 5.11. The van der Waals surface area contributed by atoms with Crippen LogP contribution in [0.4, 0.5) is 19.0 Å². The van der Waals surface area contributed by atoms with E-state index < -0.39 is 47.6 Å². The van der Waals surface area contributed by atoms with Crippen LogP contribution in [-0.2, 0) is 26.2 Å². The fraction of sp³-hybridized carbons (Fsp3) is 0.250. The largest absolute Gasteiger partial charge is 0.416 e. The number of anilines is 1. The van der Waals surface area contributed by atoms with Crippen molar-refractivity contribution in [2.75, 3.05) is 16.2 Å². The third-order valence-electron chi connectivity index (χ3n) is 2.97. The smallest absolute Gasteiger partial charge is 0.212 e. The predicted octanol–water partition coefficient (Wildman–Crippen LogP) is 2.92. The third kappa shape index (κ3) is 4.08. The number of rotatable bonds is 4. The van der Waals surface area contributed by atoms with Crippen molar-refractivity contribution in [2.24, 2.45) is 0 Å². The summed E-state index contributed by atoms with van der Waals surface area (Å²) in [4.78, 5) is 0. The van der Waals surface area contributed by atoms with E-state index in [1.165, 1.54) is 0 Å². The number of aromatic nitrogens is 2. The van der Waals surface area contributed by atoms with Crippen molar-refractivity contribution in [1.29, 1.82) is 0 Å². The fourth-order valence-corrected chi connectivity index (χ4v) is 5.69. The highest BCUT2D eigenvalue weighted by molar-refractivity contribution is 8.09. The van der Waals surface area contributed by atoms with Crippen molar-refractivity contribution in [3.63, 3.8) is 0 Å². The van der Waals surface area contributed by atoms with Crippen molar-refractivity contribution >= 4 is 49.1 Å². The number of halogens is 5. The van der Waals surface area contributed by atoms with E-state index in [2.05, 4.69) is 5.10 Å². The molecule has 1 aromatic heterocycles. The zero-order valence-electron chi connectivity index (χ0n) is 13.0. The van der Waals surface area contributed by atoms with Gasteiger partial charge in [0.2, 0.25) is 20.0 Å². The molecule has 0 spiro atoms. The van der Waals surface area contributed by atoms with Crippen LogP contribution in [0.2, 0.25) is 10.0 Å². The minimum atomic E-state index is -4.72. The molecular formula is C12H10Cl2F3N3O4S2. The Morgan fingerprint density at radius 3 is 1.88 bits per heavy atom. The van der Waals surface area contributed by atoms with E-state index in [4.69, 9.17) is 23.2 Å². The first-order chi connectivity index (χ1) is 11.6. The van der Waals surface area contributed by atoms with Crippen LogP contribution in [0, 0.1) is 0 Å². The molecule has 144 valence electrons. The number of nitrogens with zero attached hydrogens (tertiary/aromatic N) is 3. The van der Waals surface area contributed by atoms with Gasteiger partial charge in [-0.3, -0.25) is 0 Å². The van der Waals surface area contributed by atoms with Gasteiger partial charge in [0.05, 0.1) is 34.3 Å². The summed E-state index contributed by atoms with van der Waals surface area (Å²) in [5, 5.41) is 2.74. The first kappa shape index (κ1) is 20.8. The van der Waals surface area contributed by atoms with Gasteiger partial charge in [0.25, 0.3) is 0 Å². The Balaban J connectivity index is 2.77. The number of sulfonamides is 2. The van der Waals surface area contributed by atoms with E-state index in [1.54, 1.807) is 0 Å². The molecule has 0 fully saturated rings. The van der Waals surface area contributed by atoms with Crippen molar-refractivity contribution in [2.45, 2.75) is 6.18 Å². The first-order valence-electron chi connectivity index (χ1n) is 6.45. The molecule has 0 saturated heterocycles. The summed E-state index contributed by atoms with van der Waals surface area (Å²) in [7, 11) is -8.63. The fourth-order valence-electron chi connectivity index (χ4n) is 2.12. The molecule has 0 bridgehead atoms. The highest BCUT2D eigenvalue weighted by atomic mass is 35.5. The Morgan fingerprint density at radius 1 is 1.04 bits per heavy atom. The summed E-state index contributed by atoms with van der Waals surface area (Å²) < 4.78 is 86.9. The Labute approximate surface area is 157 Å². The molecule has 0 saturated carbocycles. The van der Waals surface area contributed by atoms with E-state index >= 15 is 0 Å². The molecule has 0 radical (unpaired) electrons.